The Morgan fingerprint density at radius 2 is 1.32 bits per heavy atom. The summed E-state index contributed by atoms with van der Waals surface area (Å²) in [6, 6.07) is 11.2. The van der Waals surface area contributed by atoms with Gasteiger partial charge >= 0.3 is 0 Å². The lowest BCUT2D eigenvalue weighted by molar-refractivity contribution is 0.534. The molecule has 0 N–H and O–H groups in total. The Labute approximate surface area is 156 Å². The van der Waals surface area contributed by atoms with Crippen LogP contribution < -0.4 is 9.83 Å². The minimum absolute atomic E-state index is 0.0540. The van der Waals surface area contributed by atoms with Gasteiger partial charge in [-0.1, -0.05) is 71.4 Å². The molecule has 0 amide bonds. The van der Waals surface area contributed by atoms with Crippen molar-refractivity contribution in [2.24, 2.45) is 0 Å². The molecule has 2 aromatic carbocycles. The molecule has 0 aliphatic heterocycles. The maximum absolute atomic E-state index is 6.35. The van der Waals surface area contributed by atoms with Crippen molar-refractivity contribution >= 4 is 14.1 Å². The molecule has 1 nitrogen and oxygen atoms in total. The predicted molar refractivity (Wildman–Crippen MR) is 113 cm³/mol. The highest BCUT2D eigenvalue weighted by Gasteiger charge is 2.23. The van der Waals surface area contributed by atoms with Crippen molar-refractivity contribution < 1.29 is 4.52 Å². The molecule has 1 unspecified atom stereocenters. The van der Waals surface area contributed by atoms with Crippen LogP contribution in [0.4, 0.5) is 0 Å². The molecule has 2 aromatic rings. The molecule has 2 rings (SSSR count). The van der Waals surface area contributed by atoms with E-state index in [4.69, 9.17) is 4.52 Å². The minimum atomic E-state index is 0.0540. The summed E-state index contributed by atoms with van der Waals surface area (Å²) in [6.45, 7) is 20.1. The molecular weight excluding hydrogens is 323 g/mol. The molecule has 0 spiro atoms. The first-order valence-electron chi connectivity index (χ1n) is 9.05. The largest absolute Gasteiger partial charge is 0.472 e. The van der Waals surface area contributed by atoms with Crippen LogP contribution in [0.25, 0.3) is 0 Å². The SMILES string of the molecule is Cc1cc(C)c(POc2ccc(C(C)(C)C)cc2C(C)(C)C)c(C)c1. The summed E-state index contributed by atoms with van der Waals surface area (Å²) in [5, 5.41) is 1.32. The zero-order valence-corrected chi connectivity index (χ0v) is 18.3. The normalized spacial score (nSPS) is 12.8. The molecule has 2 heteroatoms. The molecule has 136 valence electrons. The summed E-state index contributed by atoms with van der Waals surface area (Å²) in [7, 11) is 0.335. The van der Waals surface area contributed by atoms with E-state index in [-0.39, 0.29) is 10.8 Å². The van der Waals surface area contributed by atoms with Crippen molar-refractivity contribution in [2.75, 3.05) is 0 Å². The molecule has 0 bridgehead atoms. The van der Waals surface area contributed by atoms with Gasteiger partial charge in [-0.3, -0.25) is 0 Å². The van der Waals surface area contributed by atoms with Crippen LogP contribution in [0.1, 0.15) is 69.4 Å². The van der Waals surface area contributed by atoms with E-state index in [1.807, 2.05) is 0 Å². The summed E-state index contributed by atoms with van der Waals surface area (Å²) < 4.78 is 6.35. The van der Waals surface area contributed by atoms with Gasteiger partial charge in [-0.2, -0.15) is 0 Å². The van der Waals surface area contributed by atoms with E-state index in [0.29, 0.717) is 8.81 Å². The van der Waals surface area contributed by atoms with Gasteiger partial charge in [0.2, 0.25) is 0 Å². The standard InChI is InChI=1S/C23H33OP/c1-15-12-16(2)21(17(3)13-15)25-24-20-11-10-18(22(4,5)6)14-19(20)23(7,8)9/h10-14,25H,1-9H3. The second-order valence-electron chi connectivity index (χ2n) is 9.19. The fraction of sp³-hybridized carbons (Fsp3) is 0.478. The lowest BCUT2D eigenvalue weighted by Crippen LogP contribution is -2.17. The fourth-order valence-corrected chi connectivity index (χ4v) is 3.97. The summed E-state index contributed by atoms with van der Waals surface area (Å²) in [5.74, 6) is 1.01. The van der Waals surface area contributed by atoms with Crippen LogP contribution in [0.5, 0.6) is 5.75 Å². The Morgan fingerprint density at radius 1 is 0.760 bits per heavy atom. The maximum Gasteiger partial charge on any atom is 0.127 e. The molecule has 0 fully saturated rings. The summed E-state index contributed by atoms with van der Waals surface area (Å²) in [5.41, 5.74) is 6.79. The van der Waals surface area contributed by atoms with E-state index >= 15 is 0 Å². The highest BCUT2D eigenvalue weighted by molar-refractivity contribution is 7.42. The van der Waals surface area contributed by atoms with Crippen molar-refractivity contribution in [2.45, 2.75) is 73.1 Å². The van der Waals surface area contributed by atoms with Gasteiger partial charge in [0.1, 0.15) is 14.6 Å². The summed E-state index contributed by atoms with van der Waals surface area (Å²) >= 11 is 0. The number of rotatable bonds is 3. The lowest BCUT2D eigenvalue weighted by atomic mass is 9.80. The molecule has 0 aliphatic rings. The van der Waals surface area contributed by atoms with Crippen molar-refractivity contribution in [3.8, 4) is 5.75 Å². The Balaban J connectivity index is 2.37. The maximum atomic E-state index is 6.35. The molecule has 0 saturated heterocycles. The van der Waals surface area contributed by atoms with Crippen LogP contribution in [-0.2, 0) is 10.8 Å². The molecule has 25 heavy (non-hydrogen) atoms. The van der Waals surface area contributed by atoms with E-state index in [2.05, 4.69) is 92.6 Å². The monoisotopic (exact) mass is 356 g/mol. The quantitative estimate of drug-likeness (QED) is 0.570. The first-order valence-corrected chi connectivity index (χ1v) is 9.96. The number of hydrogen-bond donors (Lipinski definition) is 0. The average molecular weight is 356 g/mol. The fourth-order valence-electron chi connectivity index (χ4n) is 3.12. The Hall–Kier alpha value is -1.33. The Kier molecular flexibility index (Phi) is 5.69. The highest BCUT2D eigenvalue weighted by Crippen LogP contribution is 2.38. The molecule has 0 aliphatic carbocycles. The van der Waals surface area contributed by atoms with Gasteiger partial charge in [-0.25, -0.2) is 0 Å². The molecular formula is C23H33OP. The molecule has 0 saturated carbocycles. The van der Waals surface area contributed by atoms with Crippen LogP contribution in [0.2, 0.25) is 0 Å². The van der Waals surface area contributed by atoms with Gasteiger partial charge in [-0.15, -0.1) is 0 Å². The van der Waals surface area contributed by atoms with Crippen LogP contribution in [-0.4, -0.2) is 0 Å². The van der Waals surface area contributed by atoms with Gasteiger partial charge in [-0.05, 0) is 54.4 Å². The first kappa shape index (κ1) is 20.0. The summed E-state index contributed by atoms with van der Waals surface area (Å²) in [6.07, 6.45) is 0. The molecule has 0 radical (unpaired) electrons. The van der Waals surface area contributed by atoms with Crippen molar-refractivity contribution in [3.05, 3.63) is 58.1 Å². The van der Waals surface area contributed by atoms with Crippen LogP contribution in [0, 0.1) is 20.8 Å². The molecule has 0 heterocycles. The first-order chi connectivity index (χ1) is 11.4. The zero-order valence-electron chi connectivity index (χ0n) is 17.3. The van der Waals surface area contributed by atoms with Crippen molar-refractivity contribution in [1.82, 2.24) is 0 Å². The van der Waals surface area contributed by atoms with Crippen LogP contribution in [0.15, 0.2) is 30.3 Å². The zero-order chi connectivity index (χ0) is 19.0. The third-order valence-electron chi connectivity index (χ3n) is 4.59. The van der Waals surface area contributed by atoms with E-state index in [1.165, 1.54) is 33.1 Å². The topological polar surface area (TPSA) is 9.23 Å². The second kappa shape index (κ2) is 7.12. The smallest absolute Gasteiger partial charge is 0.127 e. The Morgan fingerprint density at radius 3 is 1.80 bits per heavy atom. The third kappa shape index (κ3) is 4.85. The number of benzene rings is 2. The number of hydrogen-bond acceptors (Lipinski definition) is 1. The second-order valence-corrected chi connectivity index (χ2v) is 10.1. The highest BCUT2D eigenvalue weighted by atomic mass is 31.1. The van der Waals surface area contributed by atoms with E-state index in [1.54, 1.807) is 0 Å². The van der Waals surface area contributed by atoms with E-state index in [0.717, 1.165) is 5.75 Å². The van der Waals surface area contributed by atoms with Gasteiger partial charge < -0.3 is 4.52 Å². The van der Waals surface area contributed by atoms with Gasteiger partial charge in [0, 0.05) is 10.9 Å². The molecule has 0 aromatic heterocycles. The Bertz CT molecular complexity index is 738. The third-order valence-corrected chi connectivity index (χ3v) is 5.91. The average Bonchev–Trinajstić information content (AvgIpc) is 2.44. The van der Waals surface area contributed by atoms with Crippen molar-refractivity contribution in [1.29, 1.82) is 0 Å². The van der Waals surface area contributed by atoms with Gasteiger partial charge in [0.05, 0.1) is 0 Å². The lowest BCUT2D eigenvalue weighted by Gasteiger charge is -2.27. The van der Waals surface area contributed by atoms with Crippen LogP contribution in [0.3, 0.4) is 0 Å². The van der Waals surface area contributed by atoms with Gasteiger partial charge in [0.15, 0.2) is 0 Å². The van der Waals surface area contributed by atoms with Gasteiger partial charge in [0.25, 0.3) is 0 Å². The predicted octanol–water partition coefficient (Wildman–Crippen LogP) is 6.50. The minimum Gasteiger partial charge on any atom is -0.472 e. The van der Waals surface area contributed by atoms with E-state index < -0.39 is 0 Å². The summed E-state index contributed by atoms with van der Waals surface area (Å²) in [4.78, 5) is 0. The van der Waals surface area contributed by atoms with E-state index in [9.17, 15) is 0 Å². The van der Waals surface area contributed by atoms with Crippen molar-refractivity contribution in [3.63, 3.8) is 0 Å². The molecule has 1 atom stereocenters. The number of aryl methyl sites for hydroxylation is 3. The van der Waals surface area contributed by atoms with Crippen LogP contribution >= 0.6 is 8.81 Å².